The van der Waals surface area contributed by atoms with Gasteiger partial charge in [0.05, 0.1) is 14.2 Å². The van der Waals surface area contributed by atoms with Crippen LogP contribution in [0.1, 0.15) is 22.7 Å². The molecule has 0 N–H and O–H groups in total. The zero-order chi connectivity index (χ0) is 18.5. The first-order valence-corrected chi connectivity index (χ1v) is 9.30. The van der Waals surface area contributed by atoms with Crippen molar-refractivity contribution in [3.8, 4) is 11.5 Å². The van der Waals surface area contributed by atoms with Gasteiger partial charge in [-0.25, -0.2) is 0 Å². The molecule has 1 heterocycles. The molecule has 2 aromatic carbocycles. The van der Waals surface area contributed by atoms with E-state index in [1.165, 1.54) is 16.7 Å². The van der Waals surface area contributed by atoms with Gasteiger partial charge in [-0.1, -0.05) is 35.9 Å². The second-order valence-electron chi connectivity index (χ2n) is 7.16. The van der Waals surface area contributed by atoms with Gasteiger partial charge in [-0.2, -0.15) is 0 Å². The van der Waals surface area contributed by atoms with E-state index < -0.39 is 0 Å². The Morgan fingerprint density at radius 1 is 0.857 bits per heavy atom. The number of aryl methyl sites for hydroxylation is 1. The lowest BCUT2D eigenvalue weighted by Crippen LogP contribution is -2.46. The number of hydrogen-bond donors (Lipinski definition) is 0. The van der Waals surface area contributed by atoms with Crippen molar-refractivity contribution >= 4 is 24.8 Å². The molecule has 3 rings (SSSR count). The van der Waals surface area contributed by atoms with Crippen LogP contribution < -0.4 is 9.47 Å². The number of nitrogens with zero attached hydrogens (tertiary/aromatic N) is 2. The summed E-state index contributed by atoms with van der Waals surface area (Å²) in [5.74, 6) is 1.58. The summed E-state index contributed by atoms with van der Waals surface area (Å²) in [5.41, 5.74) is 3.96. The minimum atomic E-state index is 0. The van der Waals surface area contributed by atoms with Gasteiger partial charge in [-0.05, 0) is 43.7 Å². The fraction of sp³-hybridized carbons (Fsp3) is 0.455. The molecule has 1 aliphatic rings. The van der Waals surface area contributed by atoms with E-state index in [2.05, 4.69) is 60.2 Å². The lowest BCUT2D eigenvalue weighted by molar-refractivity contribution is 0.111. The first kappa shape index (κ1) is 24.6. The summed E-state index contributed by atoms with van der Waals surface area (Å²) in [5, 5.41) is 0. The maximum absolute atomic E-state index is 5.49. The van der Waals surface area contributed by atoms with Crippen LogP contribution in [0.25, 0.3) is 0 Å². The Hall–Kier alpha value is -1.46. The Bertz CT molecular complexity index is 717. The molecule has 1 fully saturated rings. The molecule has 0 aliphatic carbocycles. The van der Waals surface area contributed by atoms with Crippen LogP contribution in [0.5, 0.6) is 11.5 Å². The number of likely N-dealkylation sites (N-methyl/N-ethyl adjacent to an activating group) is 1. The number of methoxy groups -OCH3 is 2. The minimum absolute atomic E-state index is 0. The molecular formula is C22H32Cl2N2O2. The molecule has 0 amide bonds. The van der Waals surface area contributed by atoms with Crippen LogP contribution in [-0.2, 0) is 6.42 Å². The summed E-state index contributed by atoms with van der Waals surface area (Å²) < 4.78 is 10.9. The van der Waals surface area contributed by atoms with Crippen molar-refractivity contribution < 1.29 is 9.47 Å². The SMILES string of the molecule is COc1ccc(CC(c2ccc(C)cc2)N2CCN(C)CC2)cc1OC.Cl.Cl. The number of halogens is 2. The van der Waals surface area contributed by atoms with E-state index in [0.29, 0.717) is 6.04 Å². The summed E-state index contributed by atoms with van der Waals surface area (Å²) in [6.45, 7) is 6.58. The van der Waals surface area contributed by atoms with Gasteiger partial charge in [0, 0.05) is 32.2 Å². The van der Waals surface area contributed by atoms with Crippen molar-refractivity contribution in [1.82, 2.24) is 9.80 Å². The maximum Gasteiger partial charge on any atom is 0.160 e. The second kappa shape index (κ2) is 11.5. The van der Waals surface area contributed by atoms with E-state index >= 15 is 0 Å². The Labute approximate surface area is 181 Å². The number of piperazine rings is 1. The van der Waals surface area contributed by atoms with Gasteiger partial charge >= 0.3 is 0 Å². The van der Waals surface area contributed by atoms with Crippen LogP contribution in [0.15, 0.2) is 42.5 Å². The largest absolute Gasteiger partial charge is 0.493 e. The molecule has 1 atom stereocenters. The fourth-order valence-electron chi connectivity index (χ4n) is 3.61. The summed E-state index contributed by atoms with van der Waals surface area (Å²) in [6.07, 6.45) is 0.965. The smallest absolute Gasteiger partial charge is 0.160 e. The third-order valence-corrected chi connectivity index (χ3v) is 5.32. The van der Waals surface area contributed by atoms with E-state index in [4.69, 9.17) is 9.47 Å². The van der Waals surface area contributed by atoms with E-state index in [0.717, 1.165) is 44.1 Å². The number of ether oxygens (including phenoxy) is 2. The first-order valence-electron chi connectivity index (χ1n) is 9.30. The first-order chi connectivity index (χ1) is 12.6. The highest BCUT2D eigenvalue weighted by Gasteiger charge is 2.24. The Kier molecular flexibility index (Phi) is 10.1. The molecule has 2 aromatic rings. The van der Waals surface area contributed by atoms with Crippen molar-refractivity contribution in [3.63, 3.8) is 0 Å². The monoisotopic (exact) mass is 426 g/mol. The van der Waals surface area contributed by atoms with Gasteiger partial charge in [-0.3, -0.25) is 4.90 Å². The van der Waals surface area contributed by atoms with Crippen molar-refractivity contribution in [3.05, 3.63) is 59.2 Å². The highest BCUT2D eigenvalue weighted by atomic mass is 35.5. The number of rotatable bonds is 6. The third kappa shape index (κ3) is 6.02. The highest BCUT2D eigenvalue weighted by Crippen LogP contribution is 2.32. The minimum Gasteiger partial charge on any atom is -0.493 e. The van der Waals surface area contributed by atoms with E-state index in [9.17, 15) is 0 Å². The Morgan fingerprint density at radius 3 is 2.04 bits per heavy atom. The average molecular weight is 427 g/mol. The van der Waals surface area contributed by atoms with Gasteiger partial charge in [0.2, 0.25) is 0 Å². The zero-order valence-electron chi connectivity index (χ0n) is 17.2. The third-order valence-electron chi connectivity index (χ3n) is 5.32. The predicted octanol–water partition coefficient (Wildman–Crippen LogP) is 4.39. The molecule has 156 valence electrons. The van der Waals surface area contributed by atoms with Gasteiger partial charge in [0.15, 0.2) is 11.5 Å². The van der Waals surface area contributed by atoms with Gasteiger partial charge in [0.25, 0.3) is 0 Å². The molecular weight excluding hydrogens is 395 g/mol. The van der Waals surface area contributed by atoms with Crippen LogP contribution in [0, 0.1) is 6.92 Å². The molecule has 0 spiro atoms. The summed E-state index contributed by atoms with van der Waals surface area (Å²) in [7, 11) is 5.57. The molecule has 4 nitrogen and oxygen atoms in total. The second-order valence-corrected chi connectivity index (χ2v) is 7.16. The summed E-state index contributed by atoms with van der Waals surface area (Å²) >= 11 is 0. The van der Waals surface area contributed by atoms with Crippen LogP contribution in [0.4, 0.5) is 0 Å². The molecule has 1 saturated heterocycles. The lowest BCUT2D eigenvalue weighted by atomic mass is 9.95. The number of hydrogen-bond acceptors (Lipinski definition) is 4. The average Bonchev–Trinajstić information content (AvgIpc) is 2.67. The molecule has 28 heavy (non-hydrogen) atoms. The lowest BCUT2D eigenvalue weighted by Gasteiger charge is -2.38. The van der Waals surface area contributed by atoms with E-state index in [1.807, 2.05) is 6.07 Å². The topological polar surface area (TPSA) is 24.9 Å². The van der Waals surface area contributed by atoms with Crippen molar-refractivity contribution in [2.24, 2.45) is 0 Å². The summed E-state index contributed by atoms with van der Waals surface area (Å²) in [6, 6.07) is 15.6. The molecule has 1 aliphatic heterocycles. The Morgan fingerprint density at radius 2 is 1.46 bits per heavy atom. The summed E-state index contributed by atoms with van der Waals surface area (Å²) in [4.78, 5) is 5.01. The van der Waals surface area contributed by atoms with Gasteiger partial charge < -0.3 is 14.4 Å². The quantitative estimate of drug-likeness (QED) is 0.683. The normalized spacial score (nSPS) is 15.9. The maximum atomic E-state index is 5.49. The van der Waals surface area contributed by atoms with Crippen LogP contribution in [-0.4, -0.2) is 57.2 Å². The standard InChI is InChI=1S/C22H30N2O2.2ClH/c1-17-5-8-19(9-6-17)20(24-13-11-23(2)12-14-24)15-18-7-10-21(25-3)22(16-18)26-4;;/h5-10,16,20H,11-15H2,1-4H3;2*1H. The Balaban J connectivity index is 0.00000196. The van der Waals surface area contributed by atoms with Crippen LogP contribution in [0.3, 0.4) is 0 Å². The zero-order valence-corrected chi connectivity index (χ0v) is 18.8. The number of benzene rings is 2. The van der Waals surface area contributed by atoms with Crippen LogP contribution >= 0.6 is 24.8 Å². The molecule has 0 aromatic heterocycles. The van der Waals surface area contributed by atoms with Crippen molar-refractivity contribution in [2.75, 3.05) is 47.4 Å². The molecule has 6 heteroatoms. The van der Waals surface area contributed by atoms with Crippen molar-refractivity contribution in [2.45, 2.75) is 19.4 Å². The van der Waals surface area contributed by atoms with E-state index in [-0.39, 0.29) is 24.8 Å². The fourth-order valence-corrected chi connectivity index (χ4v) is 3.61. The molecule has 0 bridgehead atoms. The van der Waals surface area contributed by atoms with Gasteiger partial charge in [0.1, 0.15) is 0 Å². The van der Waals surface area contributed by atoms with Gasteiger partial charge in [-0.15, -0.1) is 24.8 Å². The molecule has 0 saturated carbocycles. The van der Waals surface area contributed by atoms with Crippen LogP contribution in [0.2, 0.25) is 0 Å². The highest BCUT2D eigenvalue weighted by molar-refractivity contribution is 5.85. The molecule has 1 unspecified atom stereocenters. The van der Waals surface area contributed by atoms with Crippen molar-refractivity contribution in [1.29, 1.82) is 0 Å². The van der Waals surface area contributed by atoms with E-state index in [1.54, 1.807) is 14.2 Å². The predicted molar refractivity (Wildman–Crippen MR) is 121 cm³/mol. The molecule has 0 radical (unpaired) electrons.